The summed E-state index contributed by atoms with van der Waals surface area (Å²) in [4.78, 5) is 4.33. The second-order valence-electron chi connectivity index (χ2n) is 5.06. The molecule has 1 N–H and O–H groups in total. The van der Waals surface area contributed by atoms with Crippen LogP contribution in [0, 0.1) is 0 Å². The molecule has 1 saturated heterocycles. The SMILES string of the molecule is O=S(=O)(c1cccc2cnccc12)N1CCCN(O)CC1. The van der Waals surface area contributed by atoms with Crippen LogP contribution in [0.3, 0.4) is 0 Å². The van der Waals surface area contributed by atoms with Crippen molar-refractivity contribution >= 4 is 20.8 Å². The first-order valence-electron chi connectivity index (χ1n) is 6.86. The van der Waals surface area contributed by atoms with E-state index in [1.807, 2.05) is 6.07 Å². The third-order valence-electron chi connectivity index (χ3n) is 3.69. The minimum atomic E-state index is -3.57. The number of nitrogens with zero attached hydrogens (tertiary/aromatic N) is 3. The van der Waals surface area contributed by atoms with Crippen LogP contribution in [0.25, 0.3) is 10.8 Å². The van der Waals surface area contributed by atoms with Gasteiger partial charge in [0.1, 0.15) is 0 Å². The van der Waals surface area contributed by atoms with E-state index in [9.17, 15) is 13.6 Å². The predicted octanol–water partition coefficient (Wildman–Crippen LogP) is 1.32. The van der Waals surface area contributed by atoms with Gasteiger partial charge in [-0.2, -0.15) is 9.37 Å². The van der Waals surface area contributed by atoms with Crippen LogP contribution in [0.4, 0.5) is 0 Å². The highest BCUT2D eigenvalue weighted by Crippen LogP contribution is 2.25. The summed E-state index contributed by atoms with van der Waals surface area (Å²) >= 11 is 0. The summed E-state index contributed by atoms with van der Waals surface area (Å²) in [6.07, 6.45) is 3.87. The highest BCUT2D eigenvalue weighted by molar-refractivity contribution is 7.89. The van der Waals surface area contributed by atoms with Gasteiger partial charge in [-0.25, -0.2) is 8.42 Å². The molecule has 2 heterocycles. The number of pyridine rings is 1. The molecule has 0 spiro atoms. The van der Waals surface area contributed by atoms with Crippen molar-refractivity contribution in [2.45, 2.75) is 11.3 Å². The van der Waals surface area contributed by atoms with Gasteiger partial charge in [0.15, 0.2) is 0 Å². The Morgan fingerprint density at radius 1 is 1.10 bits per heavy atom. The molecular weight excluding hydrogens is 290 g/mol. The number of aromatic nitrogens is 1. The molecule has 6 nitrogen and oxygen atoms in total. The van der Waals surface area contributed by atoms with Crippen molar-refractivity contribution in [3.05, 3.63) is 36.7 Å². The molecule has 3 rings (SSSR count). The molecule has 0 saturated carbocycles. The summed E-state index contributed by atoms with van der Waals surface area (Å²) in [7, 11) is -3.57. The van der Waals surface area contributed by atoms with Crippen LogP contribution in [-0.4, -0.2) is 54.2 Å². The maximum atomic E-state index is 12.9. The highest BCUT2D eigenvalue weighted by atomic mass is 32.2. The number of sulfonamides is 1. The Morgan fingerprint density at radius 2 is 1.95 bits per heavy atom. The zero-order chi connectivity index (χ0) is 14.9. The Hall–Kier alpha value is -1.54. The minimum Gasteiger partial charge on any atom is -0.314 e. The molecule has 1 aliphatic heterocycles. The summed E-state index contributed by atoms with van der Waals surface area (Å²) < 4.78 is 27.2. The number of hydroxylamine groups is 2. The Morgan fingerprint density at radius 3 is 2.81 bits per heavy atom. The smallest absolute Gasteiger partial charge is 0.243 e. The molecule has 1 aromatic heterocycles. The van der Waals surface area contributed by atoms with Gasteiger partial charge in [0.2, 0.25) is 10.0 Å². The van der Waals surface area contributed by atoms with Crippen LogP contribution in [0.2, 0.25) is 0 Å². The number of hydrogen-bond acceptors (Lipinski definition) is 5. The summed E-state index contributed by atoms with van der Waals surface area (Å²) in [6.45, 7) is 1.53. The van der Waals surface area contributed by atoms with Crippen molar-refractivity contribution in [1.82, 2.24) is 14.4 Å². The van der Waals surface area contributed by atoms with E-state index in [0.29, 0.717) is 42.9 Å². The second kappa shape index (κ2) is 5.69. The van der Waals surface area contributed by atoms with Gasteiger partial charge >= 0.3 is 0 Å². The van der Waals surface area contributed by atoms with Gasteiger partial charge in [-0.05, 0) is 18.6 Å². The second-order valence-corrected chi connectivity index (χ2v) is 6.97. The Bertz CT molecular complexity index is 743. The summed E-state index contributed by atoms with van der Waals surface area (Å²) in [5.41, 5.74) is 0. The zero-order valence-corrected chi connectivity index (χ0v) is 12.3. The number of benzene rings is 1. The average Bonchev–Trinajstić information content (AvgIpc) is 2.72. The van der Waals surface area contributed by atoms with Crippen LogP contribution in [-0.2, 0) is 10.0 Å². The lowest BCUT2D eigenvalue weighted by atomic mass is 10.2. The molecular formula is C14H17N3O3S. The van der Waals surface area contributed by atoms with Gasteiger partial charge in [0.25, 0.3) is 0 Å². The van der Waals surface area contributed by atoms with Gasteiger partial charge in [-0.1, -0.05) is 12.1 Å². The molecule has 0 aliphatic carbocycles. The molecule has 21 heavy (non-hydrogen) atoms. The summed E-state index contributed by atoms with van der Waals surface area (Å²) in [6, 6.07) is 6.92. The molecule has 0 amide bonds. The normalized spacial score (nSPS) is 18.7. The van der Waals surface area contributed by atoms with E-state index in [1.165, 1.54) is 9.37 Å². The third-order valence-corrected chi connectivity index (χ3v) is 5.65. The standard InChI is InChI=1S/C14H17N3O3S/c18-16-7-2-8-17(10-9-16)21(19,20)14-4-1-3-12-11-15-6-5-13(12)14/h1,3-6,11,18H,2,7-10H2. The first kappa shape index (κ1) is 14.4. The number of fused-ring (bicyclic) bond motifs is 1. The Kier molecular flexibility index (Phi) is 3.90. The molecule has 2 aromatic rings. The number of hydrogen-bond donors (Lipinski definition) is 1. The van der Waals surface area contributed by atoms with Gasteiger partial charge < -0.3 is 5.21 Å². The van der Waals surface area contributed by atoms with Crippen LogP contribution in [0.15, 0.2) is 41.6 Å². The van der Waals surface area contributed by atoms with Crippen molar-refractivity contribution in [3.8, 4) is 0 Å². The first-order chi connectivity index (χ1) is 10.1. The Balaban J connectivity index is 2.04. The highest BCUT2D eigenvalue weighted by Gasteiger charge is 2.27. The van der Waals surface area contributed by atoms with Crippen LogP contribution < -0.4 is 0 Å². The number of rotatable bonds is 2. The van der Waals surface area contributed by atoms with E-state index in [2.05, 4.69) is 4.98 Å². The third kappa shape index (κ3) is 2.77. The largest absolute Gasteiger partial charge is 0.314 e. The molecule has 112 valence electrons. The lowest BCUT2D eigenvalue weighted by Crippen LogP contribution is -2.34. The van der Waals surface area contributed by atoms with Crippen molar-refractivity contribution in [2.24, 2.45) is 0 Å². The molecule has 0 bridgehead atoms. The molecule has 7 heteroatoms. The lowest BCUT2D eigenvalue weighted by Gasteiger charge is -2.20. The average molecular weight is 307 g/mol. The predicted molar refractivity (Wildman–Crippen MR) is 78.5 cm³/mol. The maximum absolute atomic E-state index is 12.9. The summed E-state index contributed by atoms with van der Waals surface area (Å²) in [5.74, 6) is 0. The van der Waals surface area contributed by atoms with Gasteiger partial charge in [-0.15, -0.1) is 0 Å². The zero-order valence-electron chi connectivity index (χ0n) is 11.5. The first-order valence-corrected chi connectivity index (χ1v) is 8.30. The van der Waals surface area contributed by atoms with E-state index in [-0.39, 0.29) is 0 Å². The van der Waals surface area contributed by atoms with Crippen molar-refractivity contribution < 1.29 is 13.6 Å². The fourth-order valence-corrected chi connectivity index (χ4v) is 4.26. The van der Waals surface area contributed by atoms with Crippen molar-refractivity contribution in [3.63, 3.8) is 0 Å². The molecule has 1 fully saturated rings. The topological polar surface area (TPSA) is 73.7 Å². The monoisotopic (exact) mass is 307 g/mol. The summed E-state index contributed by atoms with van der Waals surface area (Å²) in [5, 5.41) is 12.2. The fraction of sp³-hybridized carbons (Fsp3) is 0.357. The van der Waals surface area contributed by atoms with Crippen molar-refractivity contribution in [2.75, 3.05) is 26.2 Å². The molecule has 1 aliphatic rings. The van der Waals surface area contributed by atoms with Crippen LogP contribution in [0.5, 0.6) is 0 Å². The fourth-order valence-electron chi connectivity index (χ4n) is 2.58. The van der Waals surface area contributed by atoms with Gasteiger partial charge in [-0.3, -0.25) is 4.98 Å². The minimum absolute atomic E-state index is 0.292. The molecule has 0 atom stereocenters. The maximum Gasteiger partial charge on any atom is 0.243 e. The molecule has 0 unspecified atom stereocenters. The molecule has 1 aromatic carbocycles. The molecule has 0 radical (unpaired) electrons. The van der Waals surface area contributed by atoms with E-state index in [1.54, 1.807) is 30.6 Å². The van der Waals surface area contributed by atoms with Crippen LogP contribution >= 0.6 is 0 Å². The van der Waals surface area contributed by atoms with Crippen LogP contribution in [0.1, 0.15) is 6.42 Å². The van der Waals surface area contributed by atoms with E-state index < -0.39 is 10.0 Å². The van der Waals surface area contributed by atoms with E-state index in [4.69, 9.17) is 0 Å². The van der Waals surface area contributed by atoms with E-state index in [0.717, 1.165) is 5.39 Å². The quantitative estimate of drug-likeness (QED) is 0.906. The van der Waals surface area contributed by atoms with Gasteiger partial charge in [0, 0.05) is 49.3 Å². The van der Waals surface area contributed by atoms with Crippen molar-refractivity contribution in [1.29, 1.82) is 0 Å². The van der Waals surface area contributed by atoms with Gasteiger partial charge in [0.05, 0.1) is 4.90 Å². The Labute approximate surface area is 123 Å². The lowest BCUT2D eigenvalue weighted by molar-refractivity contribution is -0.0854. The van der Waals surface area contributed by atoms with E-state index >= 15 is 0 Å².